The number of nitrogens with one attached hydrogen (secondary N) is 1. The molecule has 2 unspecified atom stereocenters. The Kier molecular flexibility index (Phi) is 4.67. The molecular formula is C12H20N6O2. The predicted molar refractivity (Wildman–Crippen MR) is 71.5 cm³/mol. The average Bonchev–Trinajstić information content (AvgIpc) is 2.98. The Labute approximate surface area is 117 Å². The van der Waals surface area contributed by atoms with Crippen LogP contribution in [0.2, 0.25) is 0 Å². The fraction of sp³-hybridized carbons (Fsp3) is 0.667. The third-order valence-corrected chi connectivity index (χ3v) is 3.51. The van der Waals surface area contributed by atoms with Crippen LogP contribution in [0.3, 0.4) is 0 Å². The topological polar surface area (TPSA) is 106 Å². The molecule has 110 valence electrons. The Bertz CT molecular complexity index is 455. The third kappa shape index (κ3) is 3.32. The summed E-state index contributed by atoms with van der Waals surface area (Å²) in [5, 5.41) is 7.21. The first-order valence-corrected chi connectivity index (χ1v) is 6.73. The van der Waals surface area contributed by atoms with E-state index in [0.29, 0.717) is 6.54 Å². The van der Waals surface area contributed by atoms with Crippen molar-refractivity contribution in [2.24, 2.45) is 5.73 Å². The van der Waals surface area contributed by atoms with Crippen molar-refractivity contribution in [1.29, 1.82) is 0 Å². The van der Waals surface area contributed by atoms with Gasteiger partial charge in [-0.3, -0.25) is 9.59 Å². The number of hydrogen-bond acceptors (Lipinski definition) is 5. The van der Waals surface area contributed by atoms with Crippen LogP contribution in [0.15, 0.2) is 12.7 Å². The van der Waals surface area contributed by atoms with Crippen molar-refractivity contribution in [2.45, 2.75) is 31.8 Å². The lowest BCUT2D eigenvalue weighted by Crippen LogP contribution is -2.53. The van der Waals surface area contributed by atoms with E-state index >= 15 is 0 Å². The highest BCUT2D eigenvalue weighted by Gasteiger charge is 2.30. The molecule has 3 N–H and O–H groups in total. The maximum atomic E-state index is 12.6. The van der Waals surface area contributed by atoms with E-state index in [1.54, 1.807) is 11.8 Å². The summed E-state index contributed by atoms with van der Waals surface area (Å²) in [5.74, 6) is -0.669. The predicted octanol–water partition coefficient (Wildman–Crippen LogP) is -1.09. The van der Waals surface area contributed by atoms with E-state index in [2.05, 4.69) is 15.4 Å². The van der Waals surface area contributed by atoms with Crippen molar-refractivity contribution in [3.05, 3.63) is 12.7 Å². The normalized spacial score (nSPS) is 20.4. The van der Waals surface area contributed by atoms with Crippen LogP contribution in [0.5, 0.6) is 0 Å². The zero-order valence-electron chi connectivity index (χ0n) is 11.5. The quantitative estimate of drug-likeness (QED) is 0.712. The Hall–Kier alpha value is -1.96. The van der Waals surface area contributed by atoms with Gasteiger partial charge < -0.3 is 16.0 Å². The first kappa shape index (κ1) is 14.4. The second-order valence-corrected chi connectivity index (χ2v) is 4.98. The second-order valence-electron chi connectivity index (χ2n) is 4.98. The van der Waals surface area contributed by atoms with E-state index in [1.165, 1.54) is 17.3 Å². The molecule has 0 aromatic carbocycles. The smallest absolute Gasteiger partial charge is 0.247 e. The largest absolute Gasteiger partial charge is 0.368 e. The standard InChI is InChI=1S/C12H20N6O2/c1-9(18-8-15-7-16-18)12(20)17(6-11(13)19)10-3-2-4-14-5-10/h7-10,14H,2-6H2,1H3,(H2,13,19). The van der Waals surface area contributed by atoms with Crippen molar-refractivity contribution in [3.8, 4) is 0 Å². The van der Waals surface area contributed by atoms with Crippen LogP contribution in [-0.2, 0) is 9.59 Å². The highest BCUT2D eigenvalue weighted by molar-refractivity contribution is 5.86. The second kappa shape index (κ2) is 6.47. The van der Waals surface area contributed by atoms with Gasteiger partial charge in [0.25, 0.3) is 0 Å². The number of nitrogens with two attached hydrogens (primary N) is 1. The van der Waals surface area contributed by atoms with Crippen LogP contribution in [0, 0.1) is 0 Å². The molecule has 0 spiro atoms. The minimum Gasteiger partial charge on any atom is -0.368 e. The summed E-state index contributed by atoms with van der Waals surface area (Å²) < 4.78 is 1.48. The molecule has 2 amide bonds. The third-order valence-electron chi connectivity index (χ3n) is 3.51. The molecule has 0 saturated carbocycles. The van der Waals surface area contributed by atoms with E-state index in [1.807, 2.05) is 0 Å². The molecule has 1 aromatic heterocycles. The molecule has 8 nitrogen and oxygen atoms in total. The fourth-order valence-electron chi connectivity index (χ4n) is 2.42. The molecule has 2 heterocycles. The SMILES string of the molecule is CC(C(=O)N(CC(N)=O)C1CCCNC1)n1cncn1. The molecular weight excluding hydrogens is 260 g/mol. The van der Waals surface area contributed by atoms with Gasteiger partial charge in [0, 0.05) is 12.6 Å². The Morgan fingerprint density at radius 1 is 1.60 bits per heavy atom. The van der Waals surface area contributed by atoms with E-state index in [4.69, 9.17) is 5.73 Å². The Balaban J connectivity index is 2.12. The number of amides is 2. The van der Waals surface area contributed by atoms with Crippen LogP contribution < -0.4 is 11.1 Å². The van der Waals surface area contributed by atoms with E-state index in [0.717, 1.165) is 19.4 Å². The molecule has 1 aliphatic heterocycles. The number of nitrogens with zero attached hydrogens (tertiary/aromatic N) is 4. The number of piperidine rings is 1. The molecule has 1 aliphatic rings. The lowest BCUT2D eigenvalue weighted by atomic mass is 10.0. The van der Waals surface area contributed by atoms with Gasteiger partial charge in [0.05, 0.1) is 6.54 Å². The zero-order chi connectivity index (χ0) is 14.5. The monoisotopic (exact) mass is 280 g/mol. The van der Waals surface area contributed by atoms with Gasteiger partial charge >= 0.3 is 0 Å². The van der Waals surface area contributed by atoms with Gasteiger partial charge in [-0.25, -0.2) is 9.67 Å². The van der Waals surface area contributed by atoms with E-state index in [-0.39, 0.29) is 18.5 Å². The van der Waals surface area contributed by atoms with Crippen molar-refractivity contribution in [1.82, 2.24) is 25.0 Å². The van der Waals surface area contributed by atoms with E-state index < -0.39 is 11.9 Å². The highest BCUT2D eigenvalue weighted by atomic mass is 16.2. The summed E-state index contributed by atoms with van der Waals surface area (Å²) in [6.45, 7) is 3.29. The summed E-state index contributed by atoms with van der Waals surface area (Å²) in [4.78, 5) is 29.2. The molecule has 20 heavy (non-hydrogen) atoms. The minimum atomic E-state index is -0.505. The van der Waals surface area contributed by atoms with Gasteiger partial charge in [-0.05, 0) is 26.3 Å². The molecule has 0 radical (unpaired) electrons. The molecule has 2 rings (SSSR count). The molecule has 0 aliphatic carbocycles. The molecule has 2 atom stereocenters. The van der Waals surface area contributed by atoms with Gasteiger partial charge in [0.2, 0.25) is 11.8 Å². The van der Waals surface area contributed by atoms with Crippen LogP contribution in [-0.4, -0.2) is 57.2 Å². The van der Waals surface area contributed by atoms with Gasteiger partial charge in [0.15, 0.2) is 0 Å². The molecule has 1 aromatic rings. The summed E-state index contributed by atoms with van der Waals surface area (Å²) in [7, 11) is 0. The number of carbonyl (C=O) groups excluding carboxylic acids is 2. The summed E-state index contributed by atoms with van der Waals surface area (Å²) in [6.07, 6.45) is 4.72. The van der Waals surface area contributed by atoms with Crippen LogP contribution >= 0.6 is 0 Å². The van der Waals surface area contributed by atoms with Crippen molar-refractivity contribution < 1.29 is 9.59 Å². The van der Waals surface area contributed by atoms with E-state index in [9.17, 15) is 9.59 Å². The van der Waals surface area contributed by atoms with Gasteiger partial charge in [0.1, 0.15) is 18.7 Å². The molecule has 1 fully saturated rings. The minimum absolute atomic E-state index is 0.00489. The first-order valence-electron chi connectivity index (χ1n) is 6.73. The Morgan fingerprint density at radius 3 is 2.95 bits per heavy atom. The number of hydrogen-bond donors (Lipinski definition) is 2. The first-order chi connectivity index (χ1) is 9.59. The summed E-state index contributed by atoms with van der Waals surface area (Å²) >= 11 is 0. The van der Waals surface area contributed by atoms with Crippen LogP contribution in [0.1, 0.15) is 25.8 Å². The number of carbonyl (C=O) groups is 2. The van der Waals surface area contributed by atoms with Crippen LogP contribution in [0.25, 0.3) is 0 Å². The maximum Gasteiger partial charge on any atom is 0.247 e. The average molecular weight is 280 g/mol. The van der Waals surface area contributed by atoms with Gasteiger partial charge in [-0.15, -0.1) is 0 Å². The summed E-state index contributed by atoms with van der Waals surface area (Å²) in [5.41, 5.74) is 5.27. The molecule has 8 heteroatoms. The zero-order valence-corrected chi connectivity index (χ0v) is 11.5. The lowest BCUT2D eigenvalue weighted by Gasteiger charge is -2.35. The van der Waals surface area contributed by atoms with Crippen molar-refractivity contribution in [3.63, 3.8) is 0 Å². The lowest BCUT2D eigenvalue weighted by molar-refractivity contribution is -0.140. The van der Waals surface area contributed by atoms with Crippen molar-refractivity contribution in [2.75, 3.05) is 19.6 Å². The number of aromatic nitrogens is 3. The molecule has 0 bridgehead atoms. The van der Waals surface area contributed by atoms with Crippen LogP contribution in [0.4, 0.5) is 0 Å². The fourth-order valence-corrected chi connectivity index (χ4v) is 2.42. The van der Waals surface area contributed by atoms with Gasteiger partial charge in [-0.1, -0.05) is 0 Å². The summed E-state index contributed by atoms with van der Waals surface area (Å²) in [6, 6.07) is -0.506. The van der Waals surface area contributed by atoms with Crippen molar-refractivity contribution >= 4 is 11.8 Å². The number of primary amides is 1. The maximum absolute atomic E-state index is 12.6. The number of rotatable bonds is 5. The molecule has 1 saturated heterocycles. The highest BCUT2D eigenvalue weighted by Crippen LogP contribution is 2.15. The van der Waals surface area contributed by atoms with Gasteiger partial charge in [-0.2, -0.15) is 5.10 Å². The Morgan fingerprint density at radius 2 is 2.40 bits per heavy atom.